The number of nitriles is 1. The van der Waals surface area contributed by atoms with Crippen LogP contribution in [0.15, 0.2) is 38.6 Å². The van der Waals surface area contributed by atoms with E-state index in [2.05, 4.69) is 21.9 Å². The Morgan fingerprint density at radius 1 is 1.33 bits per heavy atom. The molecule has 0 N–H and O–H groups in total. The molecule has 0 atom stereocenters. The van der Waals surface area contributed by atoms with Crippen molar-refractivity contribution in [2.75, 3.05) is 6.26 Å². The number of benzene rings is 1. The molecule has 1 aromatic heterocycles. The fourth-order valence-electron chi connectivity index (χ4n) is 3.25. The van der Waals surface area contributed by atoms with E-state index in [1.807, 2.05) is 49.1 Å². The Balaban J connectivity index is 0.00000100. The Hall–Kier alpha value is -1.19. The van der Waals surface area contributed by atoms with Gasteiger partial charge in [-0.15, -0.1) is 11.8 Å². The van der Waals surface area contributed by atoms with Gasteiger partial charge in [0.1, 0.15) is 0 Å². The zero-order valence-electron chi connectivity index (χ0n) is 14.4. The fraction of sp³-hybridized carbons (Fsp3) is 0.444. The highest BCUT2D eigenvalue weighted by Crippen LogP contribution is 2.31. The van der Waals surface area contributed by atoms with E-state index in [4.69, 9.17) is 5.26 Å². The summed E-state index contributed by atoms with van der Waals surface area (Å²) >= 11 is 5.11. The minimum atomic E-state index is 0.0924. The molecule has 2 aromatic rings. The van der Waals surface area contributed by atoms with Crippen molar-refractivity contribution in [2.24, 2.45) is 0 Å². The van der Waals surface area contributed by atoms with Crippen molar-refractivity contribution in [1.29, 1.82) is 5.26 Å². The van der Waals surface area contributed by atoms with E-state index in [9.17, 15) is 4.79 Å². The second-order valence-corrected chi connectivity index (χ2v) is 7.50. The lowest BCUT2D eigenvalue weighted by atomic mass is 9.42. The zero-order valence-corrected chi connectivity index (χ0v) is 16.8. The van der Waals surface area contributed by atoms with Gasteiger partial charge in [0.15, 0.2) is 0 Å². The summed E-state index contributed by atoms with van der Waals surface area (Å²) < 4.78 is 2.87. The van der Waals surface area contributed by atoms with Crippen LogP contribution in [-0.4, -0.2) is 17.5 Å². The highest BCUT2D eigenvalue weighted by atomic mass is 79.9. The number of pyridine rings is 1. The van der Waals surface area contributed by atoms with Gasteiger partial charge >= 0.3 is 0 Å². The van der Waals surface area contributed by atoms with E-state index in [0.29, 0.717) is 0 Å². The number of hydrogen-bond acceptors (Lipinski definition) is 3. The van der Waals surface area contributed by atoms with Gasteiger partial charge in [-0.3, -0.25) is 4.79 Å². The Morgan fingerprint density at radius 2 is 2.00 bits per heavy atom. The number of rotatable bonds is 2. The molecule has 1 aliphatic rings. The predicted octanol–water partition coefficient (Wildman–Crippen LogP) is 5.40. The van der Waals surface area contributed by atoms with Crippen LogP contribution < -0.4 is 5.56 Å². The molecule has 1 aromatic carbocycles. The summed E-state index contributed by atoms with van der Waals surface area (Å²) in [6.45, 7) is 4.16. The first-order valence-corrected chi connectivity index (χ1v) is 10.4. The van der Waals surface area contributed by atoms with Crippen LogP contribution in [0.2, 0.25) is 12.6 Å². The van der Waals surface area contributed by atoms with Gasteiger partial charge in [-0.25, -0.2) is 5.26 Å². The van der Waals surface area contributed by atoms with Gasteiger partial charge in [-0.05, 0) is 42.7 Å². The van der Waals surface area contributed by atoms with Gasteiger partial charge in [-0.2, -0.15) is 0 Å². The van der Waals surface area contributed by atoms with E-state index in [1.165, 1.54) is 0 Å². The lowest BCUT2D eigenvalue weighted by molar-refractivity contribution is 0.444. The van der Waals surface area contributed by atoms with Gasteiger partial charge < -0.3 is 4.57 Å². The maximum absolute atomic E-state index is 12.9. The third kappa shape index (κ3) is 3.89. The highest BCUT2D eigenvalue weighted by molar-refractivity contribution is 9.10. The van der Waals surface area contributed by atoms with Crippen molar-refractivity contribution < 1.29 is 0 Å². The van der Waals surface area contributed by atoms with Crippen molar-refractivity contribution in [3.63, 3.8) is 0 Å². The molecule has 3 rings (SSSR count). The van der Waals surface area contributed by atoms with E-state index in [1.54, 1.807) is 11.8 Å². The summed E-state index contributed by atoms with van der Waals surface area (Å²) in [5.41, 5.74) is 0.0924. The van der Waals surface area contributed by atoms with Crippen LogP contribution in [0.25, 0.3) is 10.8 Å². The van der Waals surface area contributed by atoms with Gasteiger partial charge in [0, 0.05) is 27.6 Å². The highest BCUT2D eigenvalue weighted by Gasteiger charge is 2.26. The first-order chi connectivity index (χ1) is 11.6. The molecule has 1 saturated heterocycles. The molecule has 0 unspecified atom stereocenters. The Kier molecular flexibility index (Phi) is 7.00. The average Bonchev–Trinajstić information content (AvgIpc) is 2.63. The van der Waals surface area contributed by atoms with Crippen molar-refractivity contribution in [3.05, 3.63) is 39.2 Å². The summed E-state index contributed by atoms with van der Waals surface area (Å²) in [5.74, 6) is 2.35. The van der Waals surface area contributed by atoms with Crippen LogP contribution in [0.4, 0.5) is 0 Å². The lowest BCUT2D eigenvalue weighted by Crippen LogP contribution is -2.29. The first kappa shape index (κ1) is 19.1. The van der Waals surface area contributed by atoms with Crippen LogP contribution in [0.5, 0.6) is 0 Å². The molecule has 0 bridgehead atoms. The molecule has 3 nitrogen and oxygen atoms in total. The number of aromatic nitrogens is 1. The normalized spacial score (nSPS) is 14.9. The van der Waals surface area contributed by atoms with Crippen molar-refractivity contribution in [2.45, 2.75) is 50.3 Å². The minimum Gasteiger partial charge on any atom is -0.312 e. The Morgan fingerprint density at radius 3 is 2.58 bits per heavy atom. The molecule has 0 aliphatic carbocycles. The van der Waals surface area contributed by atoms with Gasteiger partial charge in [-0.1, -0.05) is 42.4 Å². The van der Waals surface area contributed by atoms with Crippen molar-refractivity contribution in [1.82, 2.24) is 4.57 Å². The van der Waals surface area contributed by atoms with E-state index >= 15 is 0 Å². The first-order valence-electron chi connectivity index (χ1n) is 8.42. The predicted molar refractivity (Wildman–Crippen MR) is 108 cm³/mol. The van der Waals surface area contributed by atoms with Crippen LogP contribution in [0.1, 0.15) is 32.7 Å². The maximum atomic E-state index is 12.9. The average molecular weight is 405 g/mol. The number of hydrogen-bond donors (Lipinski definition) is 0. The molecule has 1 aliphatic heterocycles. The molecular formula is C18H22BBrN2OS. The Bertz CT molecular complexity index is 807. The molecule has 0 amide bonds. The zero-order chi connectivity index (χ0) is 17.7. The third-order valence-corrected chi connectivity index (χ3v) is 5.67. The number of halogens is 1. The molecule has 126 valence electrons. The summed E-state index contributed by atoms with van der Waals surface area (Å²) in [6.07, 6.45) is 7.51. The van der Waals surface area contributed by atoms with Crippen molar-refractivity contribution in [3.8, 4) is 5.97 Å². The lowest BCUT2D eigenvalue weighted by Gasteiger charge is -2.25. The maximum Gasteiger partial charge on any atom is 0.268 e. The summed E-state index contributed by atoms with van der Waals surface area (Å²) in [5, 5.41) is 10.8. The number of thioether (sulfide) groups is 1. The van der Waals surface area contributed by atoms with Gasteiger partial charge in [0.2, 0.25) is 0 Å². The standard InChI is InChI=1S/C16H16BBrN2OS.C2H6/c1-22-14-9-12(18)8-11-4-7-20(16(21)15(11)14)13-2-5-17(10-19)6-3-13;1-2/h4,7-9,13H,2-3,5-6H2,1H3;1-2H3. The molecule has 6 heteroatoms. The number of fused-ring (bicyclic) bond motifs is 1. The molecule has 2 heterocycles. The molecule has 0 radical (unpaired) electrons. The second kappa shape index (κ2) is 8.78. The SMILES string of the molecule is CC.CSc1cc(Br)cc2ccn(C3CCB(C#N)CC3)c(=O)c12. The summed E-state index contributed by atoms with van der Waals surface area (Å²) in [6, 6.07) is 6.25. The molecule has 0 spiro atoms. The second-order valence-electron chi connectivity index (χ2n) is 5.73. The molecule has 0 saturated carbocycles. The largest absolute Gasteiger partial charge is 0.312 e. The molecule has 1 fully saturated rings. The van der Waals surface area contributed by atoms with E-state index in [-0.39, 0.29) is 18.3 Å². The van der Waals surface area contributed by atoms with Gasteiger partial charge in [0.05, 0.1) is 5.39 Å². The Labute approximate surface area is 156 Å². The summed E-state index contributed by atoms with van der Waals surface area (Å²) in [7, 11) is 0. The quantitative estimate of drug-likeness (QED) is 0.496. The van der Waals surface area contributed by atoms with E-state index in [0.717, 1.165) is 45.6 Å². The van der Waals surface area contributed by atoms with Crippen LogP contribution >= 0.6 is 27.7 Å². The topological polar surface area (TPSA) is 45.8 Å². The van der Waals surface area contributed by atoms with Crippen LogP contribution in [0.3, 0.4) is 0 Å². The van der Waals surface area contributed by atoms with Crippen LogP contribution in [-0.2, 0) is 0 Å². The molecule has 24 heavy (non-hydrogen) atoms. The molecular weight excluding hydrogens is 383 g/mol. The van der Waals surface area contributed by atoms with E-state index < -0.39 is 0 Å². The smallest absolute Gasteiger partial charge is 0.268 e. The third-order valence-electron chi connectivity index (χ3n) is 4.45. The summed E-state index contributed by atoms with van der Waals surface area (Å²) in [4.78, 5) is 13.9. The van der Waals surface area contributed by atoms with Crippen molar-refractivity contribution >= 4 is 45.2 Å². The van der Waals surface area contributed by atoms with Gasteiger partial charge in [0.25, 0.3) is 12.3 Å². The monoisotopic (exact) mass is 404 g/mol. The fourth-order valence-corrected chi connectivity index (χ4v) is 4.53. The number of nitrogens with zero attached hydrogens (tertiary/aromatic N) is 2. The minimum absolute atomic E-state index is 0.0924. The van der Waals surface area contributed by atoms with Crippen LogP contribution in [0, 0.1) is 11.2 Å².